The summed E-state index contributed by atoms with van der Waals surface area (Å²) in [5.41, 5.74) is 1.09. The Balaban J connectivity index is 2.10. The topological polar surface area (TPSA) is 85.4 Å². The molecule has 7 heteroatoms. The fourth-order valence-electron chi connectivity index (χ4n) is 2.08. The minimum absolute atomic E-state index is 0.207. The molecule has 0 bridgehead atoms. The number of amides is 1. The van der Waals surface area contributed by atoms with Crippen molar-refractivity contribution in [1.82, 2.24) is 15.3 Å². The highest BCUT2D eigenvalue weighted by atomic mass is 16.5. The van der Waals surface area contributed by atoms with Crippen molar-refractivity contribution >= 4 is 17.4 Å². The second kappa shape index (κ2) is 8.71. The molecule has 1 aromatic heterocycles. The predicted octanol–water partition coefficient (Wildman–Crippen LogP) is 2.77. The molecule has 2 N–H and O–H groups in total. The smallest absolute Gasteiger partial charge is 0.270 e. The largest absolute Gasteiger partial charge is 0.493 e. The second-order valence-corrected chi connectivity index (χ2v) is 5.09. The number of anilines is 2. The van der Waals surface area contributed by atoms with Gasteiger partial charge in [0.05, 0.1) is 14.2 Å². The van der Waals surface area contributed by atoms with Gasteiger partial charge in [0.25, 0.3) is 5.91 Å². The van der Waals surface area contributed by atoms with Gasteiger partial charge < -0.3 is 20.1 Å². The van der Waals surface area contributed by atoms with Gasteiger partial charge in [0.2, 0.25) is 0 Å². The third kappa shape index (κ3) is 4.58. The van der Waals surface area contributed by atoms with Gasteiger partial charge in [0, 0.05) is 24.4 Å². The van der Waals surface area contributed by atoms with Crippen molar-refractivity contribution in [2.24, 2.45) is 0 Å². The van der Waals surface area contributed by atoms with Crippen molar-refractivity contribution in [2.45, 2.75) is 19.8 Å². The number of hydrogen-bond acceptors (Lipinski definition) is 6. The normalized spacial score (nSPS) is 10.1. The van der Waals surface area contributed by atoms with E-state index in [-0.39, 0.29) is 5.91 Å². The number of nitrogens with zero attached hydrogens (tertiary/aromatic N) is 2. The first kappa shape index (κ1) is 17.5. The zero-order valence-corrected chi connectivity index (χ0v) is 14.1. The van der Waals surface area contributed by atoms with E-state index in [2.05, 4.69) is 27.5 Å². The molecule has 1 amide bonds. The van der Waals surface area contributed by atoms with Crippen molar-refractivity contribution in [3.63, 3.8) is 0 Å². The van der Waals surface area contributed by atoms with Gasteiger partial charge in [-0.1, -0.05) is 13.3 Å². The van der Waals surface area contributed by atoms with Crippen molar-refractivity contribution in [2.75, 3.05) is 26.1 Å². The molecule has 0 saturated heterocycles. The molecule has 7 nitrogen and oxygen atoms in total. The summed E-state index contributed by atoms with van der Waals surface area (Å²) in [6.45, 7) is 2.71. The summed E-state index contributed by atoms with van der Waals surface area (Å²) in [6, 6.07) is 7.03. The average Bonchev–Trinajstić information content (AvgIpc) is 2.62. The number of nitrogens with one attached hydrogen (secondary N) is 2. The highest BCUT2D eigenvalue weighted by Gasteiger charge is 2.09. The molecule has 1 heterocycles. The molecule has 0 radical (unpaired) electrons. The van der Waals surface area contributed by atoms with Crippen LogP contribution in [-0.4, -0.2) is 36.6 Å². The highest BCUT2D eigenvalue weighted by molar-refractivity contribution is 5.92. The van der Waals surface area contributed by atoms with Gasteiger partial charge in [-0.3, -0.25) is 4.79 Å². The molecule has 24 heavy (non-hydrogen) atoms. The molecule has 0 spiro atoms. The number of unbranched alkanes of at least 4 members (excludes halogenated alkanes) is 1. The van der Waals surface area contributed by atoms with E-state index in [1.807, 2.05) is 6.07 Å². The Morgan fingerprint density at radius 3 is 2.62 bits per heavy atom. The molecule has 0 aliphatic rings. The Labute approximate surface area is 141 Å². The molecule has 0 fully saturated rings. The van der Waals surface area contributed by atoms with Gasteiger partial charge in [-0.25, -0.2) is 9.97 Å². The van der Waals surface area contributed by atoms with E-state index in [1.54, 1.807) is 32.4 Å². The highest BCUT2D eigenvalue weighted by Crippen LogP contribution is 2.30. The summed E-state index contributed by atoms with van der Waals surface area (Å²) in [5, 5.41) is 5.96. The minimum Gasteiger partial charge on any atom is -0.493 e. The van der Waals surface area contributed by atoms with E-state index in [0.29, 0.717) is 29.6 Å². The van der Waals surface area contributed by atoms with Crippen LogP contribution in [0.25, 0.3) is 0 Å². The van der Waals surface area contributed by atoms with Crippen LogP contribution >= 0.6 is 0 Å². The number of aromatic nitrogens is 2. The van der Waals surface area contributed by atoms with Gasteiger partial charge in [0.1, 0.15) is 17.8 Å². The summed E-state index contributed by atoms with van der Waals surface area (Å²) in [5.74, 6) is 1.56. The van der Waals surface area contributed by atoms with Crippen LogP contribution in [0.1, 0.15) is 30.3 Å². The third-order valence-corrected chi connectivity index (χ3v) is 3.37. The van der Waals surface area contributed by atoms with Crippen LogP contribution in [0.2, 0.25) is 0 Å². The Kier molecular flexibility index (Phi) is 6.36. The Bertz CT molecular complexity index is 691. The van der Waals surface area contributed by atoms with Crippen LogP contribution in [0.3, 0.4) is 0 Å². The fraction of sp³-hybridized carbons (Fsp3) is 0.353. The lowest BCUT2D eigenvalue weighted by molar-refractivity contribution is 0.0948. The number of rotatable bonds is 8. The molecule has 0 aliphatic heterocycles. The monoisotopic (exact) mass is 330 g/mol. The maximum absolute atomic E-state index is 12.0. The van der Waals surface area contributed by atoms with E-state index in [1.165, 1.54) is 6.33 Å². The first-order valence-electron chi connectivity index (χ1n) is 7.77. The van der Waals surface area contributed by atoms with Crippen molar-refractivity contribution in [1.29, 1.82) is 0 Å². The molecule has 0 unspecified atom stereocenters. The Hall–Kier alpha value is -2.83. The van der Waals surface area contributed by atoms with E-state index >= 15 is 0 Å². The van der Waals surface area contributed by atoms with Gasteiger partial charge in [-0.15, -0.1) is 0 Å². The molecular weight excluding hydrogens is 308 g/mol. The molecule has 0 atom stereocenters. The van der Waals surface area contributed by atoms with E-state index in [0.717, 1.165) is 18.5 Å². The molecule has 0 saturated carbocycles. The van der Waals surface area contributed by atoms with Gasteiger partial charge in [-0.2, -0.15) is 0 Å². The van der Waals surface area contributed by atoms with Crippen LogP contribution in [0.15, 0.2) is 30.6 Å². The lowest BCUT2D eigenvalue weighted by atomic mass is 10.2. The van der Waals surface area contributed by atoms with Crippen LogP contribution in [0.4, 0.5) is 11.5 Å². The molecule has 1 aromatic carbocycles. The number of hydrogen-bond donors (Lipinski definition) is 2. The molecular formula is C17H22N4O3. The number of carbonyl (C=O) groups is 1. The Morgan fingerprint density at radius 1 is 1.12 bits per heavy atom. The maximum Gasteiger partial charge on any atom is 0.270 e. The van der Waals surface area contributed by atoms with Crippen LogP contribution < -0.4 is 20.1 Å². The quantitative estimate of drug-likeness (QED) is 0.724. The lowest BCUT2D eigenvalue weighted by Gasteiger charge is -2.11. The van der Waals surface area contributed by atoms with Crippen molar-refractivity contribution in [3.8, 4) is 11.5 Å². The third-order valence-electron chi connectivity index (χ3n) is 3.37. The molecule has 2 rings (SSSR count). The summed E-state index contributed by atoms with van der Waals surface area (Å²) in [4.78, 5) is 20.2. The SMILES string of the molecule is CCCCNC(=O)c1cc(Nc2ccc(OC)c(OC)c2)ncn1. The number of carbonyl (C=O) groups excluding carboxylic acids is 1. The summed E-state index contributed by atoms with van der Waals surface area (Å²) >= 11 is 0. The Morgan fingerprint density at radius 2 is 1.92 bits per heavy atom. The number of ether oxygens (including phenoxy) is 2. The van der Waals surface area contributed by atoms with Crippen LogP contribution in [0, 0.1) is 0 Å². The second-order valence-electron chi connectivity index (χ2n) is 5.09. The fourth-order valence-corrected chi connectivity index (χ4v) is 2.08. The zero-order valence-electron chi connectivity index (χ0n) is 14.1. The summed E-state index contributed by atoms with van der Waals surface area (Å²) in [7, 11) is 3.16. The van der Waals surface area contributed by atoms with E-state index in [4.69, 9.17) is 9.47 Å². The van der Waals surface area contributed by atoms with Crippen molar-refractivity contribution < 1.29 is 14.3 Å². The first-order valence-corrected chi connectivity index (χ1v) is 7.77. The van der Waals surface area contributed by atoms with Gasteiger partial charge in [0.15, 0.2) is 11.5 Å². The van der Waals surface area contributed by atoms with E-state index in [9.17, 15) is 4.79 Å². The molecule has 2 aromatic rings. The van der Waals surface area contributed by atoms with E-state index < -0.39 is 0 Å². The lowest BCUT2D eigenvalue weighted by Crippen LogP contribution is -2.25. The molecule has 0 aliphatic carbocycles. The summed E-state index contributed by atoms with van der Waals surface area (Å²) in [6.07, 6.45) is 3.32. The molecule has 128 valence electrons. The average molecular weight is 330 g/mol. The minimum atomic E-state index is -0.207. The van der Waals surface area contributed by atoms with Crippen LogP contribution in [0.5, 0.6) is 11.5 Å². The standard InChI is InChI=1S/C17H22N4O3/c1-4-5-8-18-17(22)13-10-16(20-11-19-13)21-12-6-7-14(23-2)15(9-12)24-3/h6-7,9-11H,4-5,8H2,1-3H3,(H,18,22)(H,19,20,21). The predicted molar refractivity (Wildman–Crippen MR) is 92.1 cm³/mol. The van der Waals surface area contributed by atoms with Crippen LogP contribution in [-0.2, 0) is 0 Å². The maximum atomic E-state index is 12.0. The first-order chi connectivity index (χ1) is 11.7. The number of methoxy groups -OCH3 is 2. The zero-order chi connectivity index (χ0) is 17.4. The van der Waals surface area contributed by atoms with Gasteiger partial charge >= 0.3 is 0 Å². The van der Waals surface area contributed by atoms with Crippen molar-refractivity contribution in [3.05, 3.63) is 36.3 Å². The van der Waals surface area contributed by atoms with Gasteiger partial charge in [-0.05, 0) is 18.6 Å². The summed E-state index contributed by atoms with van der Waals surface area (Å²) < 4.78 is 10.5. The number of benzene rings is 1.